The molecule has 0 spiro atoms. The molecular formula is C20H11F6NO5S. The van der Waals surface area contributed by atoms with Crippen LogP contribution in [0.3, 0.4) is 0 Å². The zero-order valence-electron chi connectivity index (χ0n) is 16.0. The van der Waals surface area contributed by atoms with E-state index in [1.54, 1.807) is 0 Å². The van der Waals surface area contributed by atoms with Crippen LogP contribution in [0.25, 0.3) is 6.08 Å². The predicted octanol–water partition coefficient (Wildman–Crippen LogP) is 5.36. The number of hydrogen-bond donors (Lipinski definition) is 2. The molecule has 0 aromatic heterocycles. The second-order valence-electron chi connectivity index (χ2n) is 6.72. The minimum atomic E-state index is -5.03. The van der Waals surface area contributed by atoms with Crippen LogP contribution in [0.15, 0.2) is 41.3 Å². The second kappa shape index (κ2) is 8.46. The normalized spacial score (nSPS) is 16.1. The Hall–Kier alpha value is -3.48. The van der Waals surface area contributed by atoms with E-state index in [-0.39, 0.29) is 28.7 Å². The van der Waals surface area contributed by atoms with Crippen LogP contribution < -0.4 is 0 Å². The van der Waals surface area contributed by atoms with Gasteiger partial charge in [0.1, 0.15) is 11.3 Å². The first-order valence-corrected chi connectivity index (χ1v) is 9.59. The van der Waals surface area contributed by atoms with Crippen LogP contribution in [0, 0.1) is 0 Å². The van der Waals surface area contributed by atoms with Crippen molar-refractivity contribution in [2.24, 2.45) is 0 Å². The number of aromatic hydroxyl groups is 1. The Bertz CT molecular complexity index is 1190. The Morgan fingerprint density at radius 2 is 1.67 bits per heavy atom. The van der Waals surface area contributed by atoms with Gasteiger partial charge in [0.15, 0.2) is 0 Å². The Morgan fingerprint density at radius 3 is 2.24 bits per heavy atom. The predicted molar refractivity (Wildman–Crippen MR) is 103 cm³/mol. The third kappa shape index (κ3) is 5.13. The minimum absolute atomic E-state index is 0.0887. The fourth-order valence-corrected chi connectivity index (χ4v) is 3.79. The van der Waals surface area contributed by atoms with Crippen molar-refractivity contribution >= 4 is 35.0 Å². The van der Waals surface area contributed by atoms with E-state index < -0.39 is 64.0 Å². The van der Waals surface area contributed by atoms with Gasteiger partial charge in [-0.05, 0) is 59.3 Å². The minimum Gasteiger partial charge on any atom is -0.507 e. The summed E-state index contributed by atoms with van der Waals surface area (Å²) in [7, 11) is 0. The quantitative estimate of drug-likeness (QED) is 0.442. The van der Waals surface area contributed by atoms with Crippen molar-refractivity contribution in [3.8, 4) is 5.75 Å². The number of thioether (sulfide) groups is 1. The molecule has 0 aliphatic carbocycles. The van der Waals surface area contributed by atoms with E-state index in [0.29, 0.717) is 16.7 Å². The smallest absolute Gasteiger partial charge is 0.416 e. The fraction of sp³-hybridized carbons (Fsp3) is 0.150. The number of imide groups is 1. The third-order valence-corrected chi connectivity index (χ3v) is 5.40. The Morgan fingerprint density at radius 1 is 1.00 bits per heavy atom. The molecular weight excluding hydrogens is 480 g/mol. The van der Waals surface area contributed by atoms with Crippen molar-refractivity contribution in [3.05, 3.63) is 69.1 Å². The summed E-state index contributed by atoms with van der Waals surface area (Å²) in [5.74, 6) is -3.10. The Kier molecular flexibility index (Phi) is 6.20. The number of alkyl halides is 6. The molecule has 13 heteroatoms. The summed E-state index contributed by atoms with van der Waals surface area (Å²) in [5, 5.41) is 17.5. The zero-order valence-corrected chi connectivity index (χ0v) is 16.8. The number of aromatic carboxylic acids is 1. The maximum absolute atomic E-state index is 13.3. The SMILES string of the molecule is O=C(O)c1cc(C=C2SC(=O)N(Cc3cc(C(F)(F)F)ccc3C(F)(F)F)C2=O)ccc1O. The van der Waals surface area contributed by atoms with E-state index in [1.165, 1.54) is 6.07 Å². The van der Waals surface area contributed by atoms with Crippen LogP contribution in [-0.4, -0.2) is 32.2 Å². The summed E-state index contributed by atoms with van der Waals surface area (Å²) in [5.41, 5.74) is -4.13. The molecule has 0 unspecified atom stereocenters. The number of carbonyl (C=O) groups excluding carboxylic acids is 2. The molecule has 1 heterocycles. The topological polar surface area (TPSA) is 94.9 Å². The van der Waals surface area contributed by atoms with Gasteiger partial charge in [-0.15, -0.1) is 0 Å². The average Bonchev–Trinajstić information content (AvgIpc) is 2.95. The number of carboxylic acids is 1. The summed E-state index contributed by atoms with van der Waals surface area (Å²) in [6.07, 6.45) is -8.90. The van der Waals surface area contributed by atoms with E-state index in [9.17, 15) is 45.8 Å². The van der Waals surface area contributed by atoms with Gasteiger partial charge in [0.05, 0.1) is 22.6 Å². The highest BCUT2D eigenvalue weighted by Crippen LogP contribution is 2.39. The summed E-state index contributed by atoms with van der Waals surface area (Å²) in [6, 6.07) is 3.97. The number of benzene rings is 2. The van der Waals surface area contributed by atoms with Gasteiger partial charge in [-0.1, -0.05) is 6.07 Å². The monoisotopic (exact) mass is 491 g/mol. The molecule has 33 heavy (non-hydrogen) atoms. The first-order chi connectivity index (χ1) is 15.2. The van der Waals surface area contributed by atoms with Crippen molar-refractivity contribution in [1.29, 1.82) is 0 Å². The maximum atomic E-state index is 13.3. The van der Waals surface area contributed by atoms with Gasteiger partial charge in [-0.3, -0.25) is 14.5 Å². The number of carbonyl (C=O) groups is 3. The molecule has 174 valence electrons. The number of phenols is 1. The van der Waals surface area contributed by atoms with E-state index in [2.05, 4.69) is 0 Å². The van der Waals surface area contributed by atoms with Crippen molar-refractivity contribution in [3.63, 3.8) is 0 Å². The molecule has 2 aromatic rings. The van der Waals surface area contributed by atoms with Crippen molar-refractivity contribution < 1.29 is 50.9 Å². The molecule has 1 aliphatic rings. The van der Waals surface area contributed by atoms with Gasteiger partial charge < -0.3 is 10.2 Å². The first-order valence-electron chi connectivity index (χ1n) is 8.77. The lowest BCUT2D eigenvalue weighted by Crippen LogP contribution is -2.29. The molecule has 2 aromatic carbocycles. The van der Waals surface area contributed by atoms with Crippen molar-refractivity contribution in [2.75, 3.05) is 0 Å². The van der Waals surface area contributed by atoms with Gasteiger partial charge in [0.2, 0.25) is 0 Å². The summed E-state index contributed by atoms with van der Waals surface area (Å²) in [6.45, 7) is -1.06. The molecule has 3 rings (SSSR count). The van der Waals surface area contributed by atoms with Crippen LogP contribution in [0.1, 0.15) is 32.6 Å². The lowest BCUT2D eigenvalue weighted by molar-refractivity contribution is -0.142. The van der Waals surface area contributed by atoms with Crippen LogP contribution in [0.5, 0.6) is 5.75 Å². The lowest BCUT2D eigenvalue weighted by Gasteiger charge is -2.19. The van der Waals surface area contributed by atoms with Crippen molar-refractivity contribution in [2.45, 2.75) is 18.9 Å². The molecule has 6 nitrogen and oxygen atoms in total. The van der Waals surface area contributed by atoms with Gasteiger partial charge in [0.25, 0.3) is 11.1 Å². The zero-order chi connectivity index (χ0) is 24.7. The number of halogens is 6. The Labute approximate surface area is 185 Å². The lowest BCUT2D eigenvalue weighted by atomic mass is 10.0. The molecule has 0 bridgehead atoms. The fourth-order valence-electron chi connectivity index (χ4n) is 2.95. The number of amides is 2. The summed E-state index contributed by atoms with van der Waals surface area (Å²) < 4.78 is 78.8. The van der Waals surface area contributed by atoms with Gasteiger partial charge in [0, 0.05) is 0 Å². The number of hydrogen-bond acceptors (Lipinski definition) is 5. The maximum Gasteiger partial charge on any atom is 0.416 e. The van der Waals surface area contributed by atoms with Gasteiger partial charge in [-0.2, -0.15) is 26.3 Å². The molecule has 0 atom stereocenters. The van der Waals surface area contributed by atoms with E-state index in [0.717, 1.165) is 18.2 Å². The highest BCUT2D eigenvalue weighted by atomic mass is 32.2. The molecule has 2 N–H and O–H groups in total. The summed E-state index contributed by atoms with van der Waals surface area (Å²) >= 11 is 0.323. The van der Waals surface area contributed by atoms with E-state index in [4.69, 9.17) is 5.11 Å². The highest BCUT2D eigenvalue weighted by Gasteiger charge is 2.40. The molecule has 2 amide bonds. The second-order valence-corrected chi connectivity index (χ2v) is 7.71. The molecule has 1 saturated heterocycles. The van der Waals surface area contributed by atoms with Gasteiger partial charge >= 0.3 is 18.3 Å². The highest BCUT2D eigenvalue weighted by molar-refractivity contribution is 8.18. The Balaban J connectivity index is 1.96. The van der Waals surface area contributed by atoms with E-state index >= 15 is 0 Å². The molecule has 1 fully saturated rings. The van der Waals surface area contributed by atoms with Crippen LogP contribution >= 0.6 is 11.8 Å². The molecule has 1 aliphatic heterocycles. The van der Waals surface area contributed by atoms with Crippen LogP contribution in [0.4, 0.5) is 31.1 Å². The molecule has 0 radical (unpaired) electrons. The van der Waals surface area contributed by atoms with Gasteiger partial charge in [-0.25, -0.2) is 4.79 Å². The number of carboxylic acid groups (broad SMARTS) is 1. The van der Waals surface area contributed by atoms with Crippen LogP contribution in [0.2, 0.25) is 0 Å². The van der Waals surface area contributed by atoms with E-state index in [1.807, 2.05) is 0 Å². The largest absolute Gasteiger partial charge is 0.507 e. The number of nitrogens with zero attached hydrogens (tertiary/aromatic N) is 1. The third-order valence-electron chi connectivity index (χ3n) is 4.49. The standard InChI is InChI=1S/C20H11F6NO5S/c21-19(22,23)11-2-3-13(20(24,25)26)10(7-11)8-27-16(29)15(33-18(27)32)6-9-1-4-14(28)12(5-9)17(30)31/h1-7,28H,8H2,(H,30,31). The first kappa shape index (κ1) is 24.2. The van der Waals surface area contributed by atoms with Crippen molar-refractivity contribution in [1.82, 2.24) is 4.90 Å². The average molecular weight is 491 g/mol. The van der Waals surface area contributed by atoms with Crippen LogP contribution in [-0.2, 0) is 23.7 Å². The number of rotatable bonds is 4. The summed E-state index contributed by atoms with van der Waals surface area (Å²) in [4.78, 5) is 36.0. The molecule has 0 saturated carbocycles.